The summed E-state index contributed by atoms with van der Waals surface area (Å²) in [7, 11) is 0. The lowest BCUT2D eigenvalue weighted by molar-refractivity contribution is -0.133. The van der Waals surface area contributed by atoms with E-state index in [0.717, 1.165) is 30.6 Å². The number of rotatable bonds is 4. The van der Waals surface area contributed by atoms with Crippen molar-refractivity contribution in [1.29, 1.82) is 0 Å². The Morgan fingerprint density at radius 2 is 1.38 bits per heavy atom. The minimum Gasteiger partial charge on any atom is -0.273 e. The first-order valence-corrected chi connectivity index (χ1v) is 9.87. The molecule has 130 valence electrons. The lowest BCUT2D eigenvalue weighted by Crippen LogP contribution is -2.24. The Bertz CT molecular complexity index is 603. The summed E-state index contributed by atoms with van der Waals surface area (Å²) >= 11 is 1.38. The standard InChI is InChI=1S/C20H27NO2S/c1-12(2)14-10-7-11-15(13(3)4)18(14)24-21-19(22)16-8-5-6-9-17(16)20(21)23/h7,10-13,16-17H,5-6,8-9H2,1-4H3. The molecular weight excluding hydrogens is 318 g/mol. The molecule has 3 nitrogen and oxygen atoms in total. The van der Waals surface area contributed by atoms with Gasteiger partial charge in [0.15, 0.2) is 0 Å². The Morgan fingerprint density at radius 3 is 1.79 bits per heavy atom. The molecule has 0 aromatic heterocycles. The molecule has 1 heterocycles. The van der Waals surface area contributed by atoms with E-state index in [1.54, 1.807) is 0 Å². The van der Waals surface area contributed by atoms with E-state index in [4.69, 9.17) is 0 Å². The van der Waals surface area contributed by atoms with Gasteiger partial charge in [-0.05, 0) is 47.8 Å². The summed E-state index contributed by atoms with van der Waals surface area (Å²) in [5, 5.41) is 0. The van der Waals surface area contributed by atoms with Crippen molar-refractivity contribution in [1.82, 2.24) is 4.31 Å². The highest BCUT2D eigenvalue weighted by Gasteiger charge is 2.49. The normalized spacial score (nSPS) is 24.2. The summed E-state index contributed by atoms with van der Waals surface area (Å²) in [5.74, 6) is 0.633. The van der Waals surface area contributed by atoms with Crippen molar-refractivity contribution in [3.8, 4) is 0 Å². The number of hydrogen-bond donors (Lipinski definition) is 0. The summed E-state index contributed by atoms with van der Waals surface area (Å²) in [6.45, 7) is 8.65. The number of carbonyl (C=O) groups excluding carboxylic acids is 2. The smallest absolute Gasteiger partial charge is 0.243 e. The molecule has 1 aliphatic heterocycles. The van der Waals surface area contributed by atoms with E-state index < -0.39 is 0 Å². The zero-order chi connectivity index (χ0) is 17.4. The van der Waals surface area contributed by atoms with Crippen LogP contribution in [0.2, 0.25) is 0 Å². The number of imide groups is 1. The van der Waals surface area contributed by atoms with Crippen LogP contribution >= 0.6 is 11.9 Å². The highest BCUT2D eigenvalue weighted by atomic mass is 32.2. The fraction of sp³-hybridized carbons (Fsp3) is 0.600. The first-order chi connectivity index (χ1) is 11.4. The van der Waals surface area contributed by atoms with Gasteiger partial charge in [0.05, 0.1) is 11.8 Å². The van der Waals surface area contributed by atoms with E-state index in [0.29, 0.717) is 11.8 Å². The van der Waals surface area contributed by atoms with Crippen LogP contribution in [0.25, 0.3) is 0 Å². The van der Waals surface area contributed by atoms with Crippen LogP contribution in [0.3, 0.4) is 0 Å². The Labute approximate surface area is 149 Å². The van der Waals surface area contributed by atoms with Gasteiger partial charge in [-0.2, -0.15) is 0 Å². The third kappa shape index (κ3) is 3.01. The number of hydrogen-bond acceptors (Lipinski definition) is 3. The largest absolute Gasteiger partial charge is 0.273 e. The van der Waals surface area contributed by atoms with Gasteiger partial charge in [-0.25, -0.2) is 4.31 Å². The first kappa shape index (κ1) is 17.5. The summed E-state index contributed by atoms with van der Waals surface area (Å²) in [4.78, 5) is 26.7. The van der Waals surface area contributed by atoms with Crippen molar-refractivity contribution in [2.75, 3.05) is 0 Å². The third-order valence-corrected chi connectivity index (χ3v) is 6.50. The van der Waals surface area contributed by atoms with Crippen LogP contribution in [0.4, 0.5) is 0 Å². The van der Waals surface area contributed by atoms with E-state index in [1.165, 1.54) is 27.4 Å². The van der Waals surface area contributed by atoms with E-state index in [9.17, 15) is 9.59 Å². The molecule has 1 aromatic rings. The lowest BCUT2D eigenvalue weighted by atomic mass is 9.81. The van der Waals surface area contributed by atoms with Gasteiger partial charge in [0, 0.05) is 4.90 Å². The highest BCUT2D eigenvalue weighted by molar-refractivity contribution is 7.98. The predicted molar refractivity (Wildman–Crippen MR) is 97.8 cm³/mol. The van der Waals surface area contributed by atoms with E-state index in [2.05, 4.69) is 45.9 Å². The first-order valence-electron chi connectivity index (χ1n) is 9.10. The molecule has 0 N–H and O–H groups in total. The topological polar surface area (TPSA) is 37.4 Å². The van der Waals surface area contributed by atoms with E-state index in [-0.39, 0.29) is 23.7 Å². The van der Waals surface area contributed by atoms with Crippen molar-refractivity contribution < 1.29 is 9.59 Å². The van der Waals surface area contributed by atoms with E-state index >= 15 is 0 Å². The molecule has 2 unspecified atom stereocenters. The summed E-state index contributed by atoms with van der Waals surface area (Å²) < 4.78 is 1.48. The van der Waals surface area contributed by atoms with Crippen molar-refractivity contribution in [3.63, 3.8) is 0 Å². The number of carbonyl (C=O) groups is 2. The summed E-state index contributed by atoms with van der Waals surface area (Å²) in [5.41, 5.74) is 2.45. The predicted octanol–water partition coefficient (Wildman–Crippen LogP) is 5.12. The van der Waals surface area contributed by atoms with Gasteiger partial charge in [-0.3, -0.25) is 9.59 Å². The average molecular weight is 346 g/mol. The Morgan fingerprint density at radius 1 is 0.917 bits per heavy atom. The van der Waals surface area contributed by atoms with Gasteiger partial charge in [-0.1, -0.05) is 58.7 Å². The fourth-order valence-corrected chi connectivity index (χ4v) is 5.35. The monoisotopic (exact) mass is 345 g/mol. The molecule has 3 rings (SSSR count). The third-order valence-electron chi connectivity index (χ3n) is 5.30. The Hall–Kier alpha value is -1.29. The van der Waals surface area contributed by atoms with Gasteiger partial charge in [0.25, 0.3) is 0 Å². The SMILES string of the molecule is CC(C)c1cccc(C(C)C)c1SN1C(=O)C2CCCCC2C1=O. The van der Waals surface area contributed by atoms with Gasteiger partial charge in [0.1, 0.15) is 0 Å². The number of nitrogens with zero attached hydrogens (tertiary/aromatic N) is 1. The van der Waals surface area contributed by atoms with Crippen molar-refractivity contribution >= 4 is 23.8 Å². The molecule has 0 radical (unpaired) electrons. The number of benzene rings is 1. The molecule has 24 heavy (non-hydrogen) atoms. The maximum Gasteiger partial charge on any atom is 0.243 e. The van der Waals surface area contributed by atoms with Crippen molar-refractivity contribution in [2.45, 2.75) is 70.1 Å². The zero-order valence-corrected chi connectivity index (χ0v) is 15.9. The Kier molecular flexibility index (Phi) is 5.05. The summed E-state index contributed by atoms with van der Waals surface area (Å²) in [6, 6.07) is 6.33. The van der Waals surface area contributed by atoms with E-state index in [1.807, 2.05) is 0 Å². The molecule has 1 aliphatic carbocycles. The van der Waals surface area contributed by atoms with Gasteiger partial charge < -0.3 is 0 Å². The lowest BCUT2D eigenvalue weighted by Gasteiger charge is -2.22. The molecular formula is C20H27NO2S. The molecule has 1 saturated carbocycles. The van der Waals surface area contributed by atoms with Crippen LogP contribution in [-0.2, 0) is 9.59 Å². The van der Waals surface area contributed by atoms with Crippen LogP contribution < -0.4 is 0 Å². The molecule has 2 atom stereocenters. The van der Waals surface area contributed by atoms with Crippen LogP contribution in [0.5, 0.6) is 0 Å². The molecule has 1 aromatic carbocycles. The van der Waals surface area contributed by atoms with Crippen LogP contribution in [0.15, 0.2) is 23.1 Å². The zero-order valence-electron chi connectivity index (χ0n) is 15.0. The van der Waals surface area contributed by atoms with Crippen molar-refractivity contribution in [2.24, 2.45) is 11.8 Å². The number of fused-ring (bicyclic) bond motifs is 1. The minimum atomic E-state index is -0.0764. The molecule has 2 aliphatic rings. The van der Waals surface area contributed by atoms with Gasteiger partial charge in [-0.15, -0.1) is 0 Å². The fourth-order valence-electron chi connectivity index (χ4n) is 3.90. The maximum atomic E-state index is 12.8. The second-order valence-electron chi connectivity index (χ2n) is 7.63. The van der Waals surface area contributed by atoms with Gasteiger partial charge in [0.2, 0.25) is 11.8 Å². The highest BCUT2D eigenvalue weighted by Crippen LogP contribution is 2.45. The minimum absolute atomic E-state index is 0.0305. The van der Waals surface area contributed by atoms with Crippen molar-refractivity contribution in [3.05, 3.63) is 29.3 Å². The number of amides is 2. The Balaban J connectivity index is 1.96. The van der Waals surface area contributed by atoms with Crippen LogP contribution in [0, 0.1) is 11.8 Å². The quantitative estimate of drug-likeness (QED) is 0.562. The maximum absolute atomic E-state index is 12.8. The van der Waals surface area contributed by atoms with Crippen LogP contribution in [0.1, 0.15) is 76.3 Å². The molecule has 0 bridgehead atoms. The molecule has 1 saturated heterocycles. The average Bonchev–Trinajstić information content (AvgIpc) is 2.80. The molecule has 2 amide bonds. The second-order valence-corrected chi connectivity index (χ2v) is 8.59. The second kappa shape index (κ2) is 6.91. The molecule has 4 heteroatoms. The summed E-state index contributed by atoms with van der Waals surface area (Å²) in [6.07, 6.45) is 3.88. The van der Waals surface area contributed by atoms with Gasteiger partial charge >= 0.3 is 0 Å². The molecule has 2 fully saturated rings. The van der Waals surface area contributed by atoms with Crippen LogP contribution in [-0.4, -0.2) is 16.1 Å². The molecule has 0 spiro atoms.